The second-order valence-electron chi connectivity index (χ2n) is 4.32. The van der Waals surface area contributed by atoms with Crippen LogP contribution in [0.2, 0.25) is 0 Å². The van der Waals surface area contributed by atoms with Gasteiger partial charge in [0, 0.05) is 25.0 Å². The number of isothiocyanates is 2. The van der Waals surface area contributed by atoms with Crippen molar-refractivity contribution in [3.8, 4) is 0 Å². The predicted octanol–water partition coefficient (Wildman–Crippen LogP) is 2.25. The summed E-state index contributed by atoms with van der Waals surface area (Å²) >= 11 is 8.86. The highest BCUT2D eigenvalue weighted by molar-refractivity contribution is 7.78. The van der Waals surface area contributed by atoms with Crippen molar-refractivity contribution in [1.29, 1.82) is 0 Å². The van der Waals surface area contributed by atoms with Gasteiger partial charge in [-0.15, -0.1) is 0 Å². The molecule has 4 nitrogen and oxygen atoms in total. The molecule has 2 heterocycles. The average Bonchev–Trinajstić information content (AvgIpc) is 3.07. The summed E-state index contributed by atoms with van der Waals surface area (Å²) in [6, 6.07) is 0. The van der Waals surface area contributed by atoms with E-state index in [0.29, 0.717) is 11.8 Å². The fourth-order valence-corrected chi connectivity index (χ4v) is 1.94. The van der Waals surface area contributed by atoms with Crippen LogP contribution in [0.3, 0.4) is 0 Å². The largest absolute Gasteiger partial charge is 0.381 e. The second kappa shape index (κ2) is 10.4. The van der Waals surface area contributed by atoms with E-state index in [0.717, 1.165) is 52.4 Å². The van der Waals surface area contributed by atoms with Gasteiger partial charge in [0.05, 0.1) is 36.6 Å². The Hall–Kier alpha value is -0.480. The SMILES string of the molecule is S=C=NC[C@@H]1CCOC1.S=C=NC[C@H]1CCOC1. The van der Waals surface area contributed by atoms with Gasteiger partial charge in [-0.2, -0.15) is 0 Å². The quantitative estimate of drug-likeness (QED) is 0.587. The lowest BCUT2D eigenvalue weighted by Gasteiger charge is -1.97. The molecule has 2 fully saturated rings. The van der Waals surface area contributed by atoms with E-state index >= 15 is 0 Å². The Kier molecular flexibility index (Phi) is 9.04. The van der Waals surface area contributed by atoms with E-state index in [9.17, 15) is 0 Å². The molecular formula is C12H18N2O2S2. The lowest BCUT2D eigenvalue weighted by atomic mass is 10.1. The van der Waals surface area contributed by atoms with Crippen molar-refractivity contribution in [2.24, 2.45) is 21.8 Å². The topological polar surface area (TPSA) is 43.2 Å². The molecule has 2 atom stereocenters. The minimum Gasteiger partial charge on any atom is -0.381 e. The maximum Gasteiger partial charge on any atom is 0.0585 e. The summed E-state index contributed by atoms with van der Waals surface area (Å²) in [7, 11) is 0. The Morgan fingerprint density at radius 1 is 0.889 bits per heavy atom. The van der Waals surface area contributed by atoms with Crippen molar-refractivity contribution in [1.82, 2.24) is 0 Å². The first-order chi connectivity index (χ1) is 8.86. The minimum absolute atomic E-state index is 0.598. The van der Waals surface area contributed by atoms with Crippen LogP contribution in [0.1, 0.15) is 12.8 Å². The van der Waals surface area contributed by atoms with Gasteiger partial charge in [-0.05, 0) is 37.3 Å². The van der Waals surface area contributed by atoms with Gasteiger partial charge in [-0.25, -0.2) is 9.98 Å². The predicted molar refractivity (Wildman–Crippen MR) is 77.6 cm³/mol. The monoisotopic (exact) mass is 286 g/mol. The Morgan fingerprint density at radius 3 is 1.61 bits per heavy atom. The highest BCUT2D eigenvalue weighted by Gasteiger charge is 2.14. The van der Waals surface area contributed by atoms with Crippen LogP contribution in [0.15, 0.2) is 9.98 Å². The number of nitrogens with zero attached hydrogens (tertiary/aromatic N) is 2. The molecule has 2 rings (SSSR count). The fraction of sp³-hybridized carbons (Fsp3) is 0.833. The zero-order chi connectivity index (χ0) is 13.1. The molecule has 0 aromatic heterocycles. The molecule has 2 saturated heterocycles. The Balaban J connectivity index is 0.000000180. The molecule has 0 aromatic rings. The summed E-state index contributed by atoms with van der Waals surface area (Å²) in [4.78, 5) is 7.68. The number of rotatable bonds is 4. The van der Waals surface area contributed by atoms with Gasteiger partial charge >= 0.3 is 0 Å². The van der Waals surface area contributed by atoms with Crippen LogP contribution in [0, 0.1) is 11.8 Å². The molecule has 0 unspecified atom stereocenters. The molecular weight excluding hydrogens is 268 g/mol. The maximum absolute atomic E-state index is 5.13. The molecule has 0 N–H and O–H groups in total. The summed E-state index contributed by atoms with van der Waals surface area (Å²) in [6.45, 7) is 5.06. The van der Waals surface area contributed by atoms with Gasteiger partial charge in [0.25, 0.3) is 0 Å². The molecule has 18 heavy (non-hydrogen) atoms. The van der Waals surface area contributed by atoms with E-state index in [4.69, 9.17) is 9.47 Å². The van der Waals surface area contributed by atoms with E-state index < -0.39 is 0 Å². The molecule has 0 bridgehead atoms. The van der Waals surface area contributed by atoms with Gasteiger partial charge in [-0.3, -0.25) is 0 Å². The molecule has 0 amide bonds. The normalized spacial score (nSPS) is 25.6. The second-order valence-corrected chi connectivity index (χ2v) is 4.69. The lowest BCUT2D eigenvalue weighted by Crippen LogP contribution is -2.02. The van der Waals surface area contributed by atoms with Crippen LogP contribution in [0.4, 0.5) is 0 Å². The average molecular weight is 286 g/mol. The maximum atomic E-state index is 5.13. The molecule has 2 aliphatic heterocycles. The van der Waals surface area contributed by atoms with Gasteiger partial charge in [0.2, 0.25) is 0 Å². The van der Waals surface area contributed by atoms with Crippen LogP contribution in [0.5, 0.6) is 0 Å². The van der Waals surface area contributed by atoms with E-state index in [-0.39, 0.29) is 0 Å². The molecule has 100 valence electrons. The van der Waals surface area contributed by atoms with Crippen LogP contribution in [0.25, 0.3) is 0 Å². The molecule has 0 aromatic carbocycles. The zero-order valence-electron chi connectivity index (χ0n) is 10.3. The Labute approximate surface area is 118 Å². The van der Waals surface area contributed by atoms with Gasteiger partial charge in [0.15, 0.2) is 0 Å². The lowest BCUT2D eigenvalue weighted by molar-refractivity contribution is 0.187. The van der Waals surface area contributed by atoms with Gasteiger partial charge in [-0.1, -0.05) is 0 Å². The molecule has 0 radical (unpaired) electrons. The number of hydrogen-bond donors (Lipinski definition) is 0. The smallest absolute Gasteiger partial charge is 0.0585 e. The van der Waals surface area contributed by atoms with E-state index in [1.165, 1.54) is 0 Å². The van der Waals surface area contributed by atoms with Gasteiger partial charge in [0.1, 0.15) is 0 Å². The third-order valence-corrected chi connectivity index (χ3v) is 3.13. The summed E-state index contributed by atoms with van der Waals surface area (Å²) in [5.41, 5.74) is 0. The molecule has 0 saturated carbocycles. The van der Waals surface area contributed by atoms with Crippen LogP contribution in [-0.2, 0) is 9.47 Å². The van der Waals surface area contributed by atoms with E-state index in [2.05, 4.69) is 44.7 Å². The standard InChI is InChI=1S/2C6H9NOS/c2*9-5-7-3-6-1-2-8-4-6/h2*6H,1-4H2/t2*6-/m10/s1. The van der Waals surface area contributed by atoms with Crippen LogP contribution >= 0.6 is 24.4 Å². The minimum atomic E-state index is 0.598. The van der Waals surface area contributed by atoms with Gasteiger partial charge < -0.3 is 9.47 Å². The fourth-order valence-electron chi connectivity index (χ4n) is 1.79. The van der Waals surface area contributed by atoms with Crippen molar-refractivity contribution < 1.29 is 9.47 Å². The van der Waals surface area contributed by atoms with Crippen molar-refractivity contribution in [3.63, 3.8) is 0 Å². The molecule has 0 aliphatic carbocycles. The van der Waals surface area contributed by atoms with Crippen molar-refractivity contribution >= 4 is 34.8 Å². The molecule has 2 aliphatic rings. The number of aliphatic imine (C=N–C) groups is 2. The Bertz CT molecular complexity index is 282. The summed E-state index contributed by atoms with van der Waals surface area (Å²) < 4.78 is 10.3. The number of hydrogen-bond acceptors (Lipinski definition) is 6. The molecule has 6 heteroatoms. The van der Waals surface area contributed by atoms with E-state index in [1.807, 2.05) is 0 Å². The van der Waals surface area contributed by atoms with Crippen molar-refractivity contribution in [2.75, 3.05) is 39.5 Å². The zero-order valence-corrected chi connectivity index (χ0v) is 12.0. The van der Waals surface area contributed by atoms with Crippen molar-refractivity contribution in [2.45, 2.75) is 12.8 Å². The van der Waals surface area contributed by atoms with Crippen molar-refractivity contribution in [3.05, 3.63) is 0 Å². The highest BCUT2D eigenvalue weighted by Crippen LogP contribution is 2.12. The van der Waals surface area contributed by atoms with E-state index in [1.54, 1.807) is 0 Å². The first kappa shape index (κ1) is 15.6. The van der Waals surface area contributed by atoms with Crippen LogP contribution in [-0.4, -0.2) is 49.8 Å². The first-order valence-corrected chi connectivity index (χ1v) is 6.91. The summed E-state index contributed by atoms with van der Waals surface area (Å²) in [5, 5.41) is 4.69. The number of thiocarbonyl (C=S) groups is 2. The summed E-state index contributed by atoms with van der Waals surface area (Å²) in [5.74, 6) is 1.20. The number of ether oxygens (including phenoxy) is 2. The van der Waals surface area contributed by atoms with Crippen LogP contribution < -0.4 is 0 Å². The molecule has 0 spiro atoms. The third-order valence-electron chi connectivity index (χ3n) is 2.88. The highest BCUT2D eigenvalue weighted by atomic mass is 32.1. The first-order valence-electron chi connectivity index (χ1n) is 6.09. The summed E-state index contributed by atoms with van der Waals surface area (Å²) in [6.07, 6.45) is 2.25. The third kappa shape index (κ3) is 7.07. The Morgan fingerprint density at radius 2 is 1.33 bits per heavy atom.